The van der Waals surface area contributed by atoms with Crippen molar-refractivity contribution in [2.75, 3.05) is 19.1 Å². The number of anilines is 1. The minimum atomic E-state index is -1.23. The van der Waals surface area contributed by atoms with Crippen LogP contribution in [-0.4, -0.2) is 70.2 Å². The minimum Gasteiger partial charge on any atom is -0.496 e. The van der Waals surface area contributed by atoms with Gasteiger partial charge in [-0.2, -0.15) is 0 Å². The number of nitrogens with zero attached hydrogens (tertiary/aromatic N) is 5. The molecule has 2 saturated heterocycles. The van der Waals surface area contributed by atoms with Crippen LogP contribution in [0.1, 0.15) is 40.0 Å². The van der Waals surface area contributed by atoms with Crippen molar-refractivity contribution in [2.45, 2.75) is 69.9 Å². The van der Waals surface area contributed by atoms with Crippen LogP contribution in [0.5, 0.6) is 5.75 Å². The Balaban J connectivity index is 1.50. The molecule has 4 rings (SSSR count). The first-order valence-electron chi connectivity index (χ1n) is 11.0. The maximum absolute atomic E-state index is 15.6. The molecule has 1 aromatic carbocycles. The zero-order valence-corrected chi connectivity index (χ0v) is 21.0. The number of benzene rings is 1. The molecule has 3 heterocycles. The SMILES string of the molecule is COc1cc(Br)ccc1-c1ncc(N(C)[C@@H]2C[C@H]3CC[C@H]([C@@H]2F)N3C(=O)OC(C)(C)C)nn1. The summed E-state index contributed by atoms with van der Waals surface area (Å²) >= 11 is 3.42. The molecule has 0 saturated carbocycles. The lowest BCUT2D eigenvalue weighted by Gasteiger charge is -2.44. The Morgan fingerprint density at radius 1 is 1.27 bits per heavy atom. The molecule has 0 aliphatic carbocycles. The molecule has 0 N–H and O–H groups in total. The number of carbonyl (C=O) groups is 1. The number of carbonyl (C=O) groups excluding carboxylic acids is 1. The molecular weight excluding hydrogens is 493 g/mol. The maximum atomic E-state index is 15.6. The van der Waals surface area contributed by atoms with E-state index in [1.807, 2.05) is 39.0 Å². The van der Waals surface area contributed by atoms with Crippen molar-refractivity contribution < 1.29 is 18.7 Å². The van der Waals surface area contributed by atoms with Crippen molar-refractivity contribution in [3.8, 4) is 17.1 Å². The van der Waals surface area contributed by atoms with Gasteiger partial charge in [-0.1, -0.05) is 15.9 Å². The highest BCUT2D eigenvalue weighted by molar-refractivity contribution is 9.10. The third-order valence-corrected chi connectivity index (χ3v) is 6.71. The molecule has 33 heavy (non-hydrogen) atoms. The number of aromatic nitrogens is 3. The number of rotatable bonds is 4. The Kier molecular flexibility index (Phi) is 6.48. The normalized spacial score (nSPS) is 24.5. The van der Waals surface area contributed by atoms with E-state index in [9.17, 15) is 4.79 Å². The van der Waals surface area contributed by atoms with Gasteiger partial charge in [0.1, 0.15) is 17.5 Å². The molecule has 0 radical (unpaired) electrons. The molecule has 10 heteroatoms. The van der Waals surface area contributed by atoms with Crippen molar-refractivity contribution in [1.29, 1.82) is 0 Å². The van der Waals surface area contributed by atoms with E-state index in [-0.39, 0.29) is 6.04 Å². The topological polar surface area (TPSA) is 80.7 Å². The van der Waals surface area contributed by atoms with Crippen LogP contribution in [0.2, 0.25) is 0 Å². The van der Waals surface area contributed by atoms with E-state index in [0.717, 1.165) is 16.5 Å². The van der Waals surface area contributed by atoms with Crippen LogP contribution >= 0.6 is 15.9 Å². The number of piperidine rings is 1. The maximum Gasteiger partial charge on any atom is 0.410 e. The molecule has 2 bridgehead atoms. The van der Waals surface area contributed by atoms with Crippen molar-refractivity contribution in [3.05, 3.63) is 28.9 Å². The Hall–Kier alpha value is -2.49. The predicted octanol–water partition coefficient (Wildman–Crippen LogP) is 4.62. The zero-order valence-electron chi connectivity index (χ0n) is 19.5. The molecule has 2 fully saturated rings. The molecule has 0 unspecified atom stereocenters. The fourth-order valence-corrected chi connectivity index (χ4v) is 5.01. The predicted molar refractivity (Wildman–Crippen MR) is 126 cm³/mol. The number of halogens is 2. The van der Waals surface area contributed by atoms with Crippen LogP contribution in [0.25, 0.3) is 11.4 Å². The van der Waals surface area contributed by atoms with Gasteiger partial charge in [0.2, 0.25) is 0 Å². The molecule has 1 aromatic heterocycles. The molecular formula is C23H29BrFN5O3. The summed E-state index contributed by atoms with van der Waals surface area (Å²) < 4.78 is 27.4. The third-order valence-electron chi connectivity index (χ3n) is 6.21. The monoisotopic (exact) mass is 521 g/mol. The van der Waals surface area contributed by atoms with Crippen molar-refractivity contribution in [2.24, 2.45) is 0 Å². The summed E-state index contributed by atoms with van der Waals surface area (Å²) in [7, 11) is 3.38. The van der Waals surface area contributed by atoms with E-state index in [2.05, 4.69) is 31.1 Å². The van der Waals surface area contributed by atoms with E-state index in [1.165, 1.54) is 0 Å². The summed E-state index contributed by atoms with van der Waals surface area (Å²) in [4.78, 5) is 20.5. The van der Waals surface area contributed by atoms with Crippen LogP contribution in [0.15, 0.2) is 28.9 Å². The molecule has 1 amide bonds. The number of hydrogen-bond acceptors (Lipinski definition) is 7. The quantitative estimate of drug-likeness (QED) is 0.580. The van der Waals surface area contributed by atoms with Gasteiger partial charge in [-0.05, 0) is 58.2 Å². The van der Waals surface area contributed by atoms with Crippen molar-refractivity contribution in [3.63, 3.8) is 0 Å². The fourth-order valence-electron chi connectivity index (χ4n) is 4.67. The van der Waals surface area contributed by atoms with Gasteiger partial charge in [0.15, 0.2) is 11.6 Å². The summed E-state index contributed by atoms with van der Waals surface area (Å²) in [5, 5.41) is 8.57. The molecule has 2 aliphatic rings. The van der Waals surface area contributed by atoms with Gasteiger partial charge in [0.05, 0.1) is 31.0 Å². The number of amides is 1. The van der Waals surface area contributed by atoms with Gasteiger partial charge < -0.3 is 14.4 Å². The van der Waals surface area contributed by atoms with Gasteiger partial charge in [0, 0.05) is 17.6 Å². The lowest BCUT2D eigenvalue weighted by atomic mass is 9.94. The summed E-state index contributed by atoms with van der Waals surface area (Å²) in [5.74, 6) is 1.53. The second-order valence-electron chi connectivity index (χ2n) is 9.53. The van der Waals surface area contributed by atoms with Crippen LogP contribution in [0.3, 0.4) is 0 Å². The van der Waals surface area contributed by atoms with Crippen LogP contribution in [-0.2, 0) is 4.74 Å². The Morgan fingerprint density at radius 2 is 2.03 bits per heavy atom. The van der Waals surface area contributed by atoms with Crippen molar-refractivity contribution in [1.82, 2.24) is 20.1 Å². The summed E-state index contributed by atoms with van der Waals surface area (Å²) in [6.45, 7) is 5.46. The lowest BCUT2D eigenvalue weighted by molar-refractivity contribution is -0.0104. The number of alkyl halides is 1. The third kappa shape index (κ3) is 4.76. The Bertz CT molecular complexity index is 1020. The molecule has 2 aromatic rings. The van der Waals surface area contributed by atoms with Crippen LogP contribution in [0.4, 0.5) is 15.0 Å². The molecule has 178 valence electrons. The Morgan fingerprint density at radius 3 is 2.67 bits per heavy atom. The zero-order chi connectivity index (χ0) is 23.9. The van der Waals surface area contributed by atoms with Gasteiger partial charge in [-0.3, -0.25) is 4.90 Å². The summed E-state index contributed by atoms with van der Waals surface area (Å²) in [6.07, 6.45) is 1.82. The lowest BCUT2D eigenvalue weighted by Crippen LogP contribution is -2.59. The molecule has 8 nitrogen and oxygen atoms in total. The van der Waals surface area contributed by atoms with Crippen molar-refractivity contribution >= 4 is 27.8 Å². The van der Waals surface area contributed by atoms with E-state index in [4.69, 9.17) is 9.47 Å². The second-order valence-corrected chi connectivity index (χ2v) is 10.4. The van der Waals surface area contributed by atoms with Crippen LogP contribution < -0.4 is 9.64 Å². The summed E-state index contributed by atoms with van der Waals surface area (Å²) in [5.41, 5.74) is 0.103. The van der Waals surface area contributed by atoms with E-state index < -0.39 is 29.9 Å². The average molecular weight is 522 g/mol. The highest BCUT2D eigenvalue weighted by Crippen LogP contribution is 2.40. The molecule has 4 atom stereocenters. The van der Waals surface area contributed by atoms with E-state index in [1.54, 1.807) is 30.2 Å². The number of fused-ring (bicyclic) bond motifs is 2. The number of hydrogen-bond donors (Lipinski definition) is 0. The molecule has 0 spiro atoms. The average Bonchev–Trinajstić information content (AvgIpc) is 3.12. The van der Waals surface area contributed by atoms with E-state index in [0.29, 0.717) is 30.2 Å². The first kappa shape index (κ1) is 23.7. The van der Waals surface area contributed by atoms with Crippen LogP contribution in [0, 0.1) is 0 Å². The van der Waals surface area contributed by atoms with Gasteiger partial charge >= 0.3 is 6.09 Å². The highest BCUT2D eigenvalue weighted by Gasteiger charge is 2.52. The summed E-state index contributed by atoms with van der Waals surface area (Å²) in [6, 6.07) is 4.58. The van der Waals surface area contributed by atoms with Gasteiger partial charge in [0.25, 0.3) is 0 Å². The largest absolute Gasteiger partial charge is 0.496 e. The highest BCUT2D eigenvalue weighted by atomic mass is 79.9. The first-order valence-corrected chi connectivity index (χ1v) is 11.8. The van der Waals surface area contributed by atoms with E-state index >= 15 is 4.39 Å². The second kappa shape index (κ2) is 9.04. The minimum absolute atomic E-state index is 0.0588. The molecule has 2 aliphatic heterocycles. The Labute approximate surface area is 201 Å². The van der Waals surface area contributed by atoms with Gasteiger partial charge in [-0.25, -0.2) is 14.2 Å². The fraction of sp³-hybridized carbons (Fsp3) is 0.565. The smallest absolute Gasteiger partial charge is 0.410 e. The standard InChI is InChI=1S/C23H29BrFN5O3/c1-23(2,3)33-22(31)30-14-7-9-16(30)20(25)17(11-14)29(4)19-12-26-21(28-27-19)15-8-6-13(24)10-18(15)32-5/h6,8,10,12,14,16-17,20H,7,9,11H2,1-5H3/t14-,16-,17-,20+/m1/s1. The van der Waals surface area contributed by atoms with Gasteiger partial charge in [-0.15, -0.1) is 10.2 Å². The number of ether oxygens (including phenoxy) is 2. The number of methoxy groups -OCH3 is 1. The first-order chi connectivity index (χ1) is 15.6.